The summed E-state index contributed by atoms with van der Waals surface area (Å²) < 4.78 is 0. The van der Waals surface area contributed by atoms with E-state index in [1.165, 1.54) is 44.5 Å². The van der Waals surface area contributed by atoms with E-state index in [4.69, 9.17) is 0 Å². The number of piperazine rings is 1. The van der Waals surface area contributed by atoms with Crippen molar-refractivity contribution in [2.24, 2.45) is 5.92 Å². The van der Waals surface area contributed by atoms with Crippen LogP contribution in [0.1, 0.15) is 24.8 Å². The zero-order valence-electron chi connectivity index (χ0n) is 11.6. The molecule has 0 radical (unpaired) electrons. The van der Waals surface area contributed by atoms with Gasteiger partial charge in [0.15, 0.2) is 0 Å². The summed E-state index contributed by atoms with van der Waals surface area (Å²) in [5, 5.41) is 3.43. The molecule has 2 aliphatic rings. The molecule has 0 aromatic heterocycles. The van der Waals surface area contributed by atoms with Crippen molar-refractivity contribution in [3.63, 3.8) is 0 Å². The molecular formula is C17H24N2. The minimum atomic E-state index is 0.846. The van der Waals surface area contributed by atoms with E-state index in [2.05, 4.69) is 46.6 Å². The Bertz CT molecular complexity index is 418. The second-order valence-electron chi connectivity index (χ2n) is 5.79. The zero-order chi connectivity index (χ0) is 12.9. The maximum absolute atomic E-state index is 3.43. The molecule has 2 nitrogen and oxygen atoms in total. The molecule has 19 heavy (non-hydrogen) atoms. The van der Waals surface area contributed by atoms with Crippen molar-refractivity contribution in [1.29, 1.82) is 0 Å². The Morgan fingerprint density at radius 2 is 1.89 bits per heavy atom. The van der Waals surface area contributed by atoms with Gasteiger partial charge in [0, 0.05) is 32.7 Å². The lowest BCUT2D eigenvalue weighted by atomic mass is 9.85. The number of benzene rings is 1. The van der Waals surface area contributed by atoms with E-state index >= 15 is 0 Å². The van der Waals surface area contributed by atoms with E-state index in [1.807, 2.05) is 0 Å². The van der Waals surface area contributed by atoms with Gasteiger partial charge in [0.05, 0.1) is 0 Å². The van der Waals surface area contributed by atoms with Gasteiger partial charge in [-0.15, -0.1) is 0 Å². The molecule has 1 heterocycles. The molecule has 0 amide bonds. The second-order valence-corrected chi connectivity index (χ2v) is 5.79. The smallest absolute Gasteiger partial charge is 0.0107 e. The predicted molar refractivity (Wildman–Crippen MR) is 81.1 cm³/mol. The van der Waals surface area contributed by atoms with Gasteiger partial charge in [-0.1, -0.05) is 36.4 Å². The fourth-order valence-corrected chi connectivity index (χ4v) is 3.29. The highest BCUT2D eigenvalue weighted by atomic mass is 15.2. The zero-order valence-corrected chi connectivity index (χ0v) is 11.6. The fraction of sp³-hybridized carbons (Fsp3) is 0.529. The molecular weight excluding hydrogens is 232 g/mol. The number of rotatable bonds is 3. The van der Waals surface area contributed by atoms with Crippen LogP contribution in [0, 0.1) is 5.92 Å². The number of nitrogens with zero attached hydrogens (tertiary/aromatic N) is 1. The van der Waals surface area contributed by atoms with Gasteiger partial charge in [-0.25, -0.2) is 0 Å². The van der Waals surface area contributed by atoms with Crippen molar-refractivity contribution in [3.05, 3.63) is 42.0 Å². The molecule has 0 saturated carbocycles. The van der Waals surface area contributed by atoms with Gasteiger partial charge in [0.1, 0.15) is 0 Å². The fourth-order valence-electron chi connectivity index (χ4n) is 3.29. The van der Waals surface area contributed by atoms with Crippen molar-refractivity contribution in [3.8, 4) is 0 Å². The van der Waals surface area contributed by atoms with Crippen molar-refractivity contribution in [1.82, 2.24) is 10.2 Å². The van der Waals surface area contributed by atoms with E-state index < -0.39 is 0 Å². The first-order valence-electron chi connectivity index (χ1n) is 7.59. The molecule has 0 spiro atoms. The molecule has 102 valence electrons. The first-order valence-corrected chi connectivity index (χ1v) is 7.59. The normalized spacial score (nSPS) is 25.1. The summed E-state index contributed by atoms with van der Waals surface area (Å²) in [4.78, 5) is 2.63. The first kappa shape index (κ1) is 12.9. The Labute approximate surface area is 116 Å². The summed E-state index contributed by atoms with van der Waals surface area (Å²) in [6.07, 6.45) is 6.32. The maximum atomic E-state index is 3.43. The van der Waals surface area contributed by atoms with Crippen molar-refractivity contribution >= 4 is 5.57 Å². The minimum Gasteiger partial charge on any atom is -0.314 e. The van der Waals surface area contributed by atoms with Crippen LogP contribution in [0.5, 0.6) is 0 Å². The SMILES string of the molecule is C1=C(c2ccccc2)CC(CN2CCNCC2)CC1. The number of hydrogen-bond donors (Lipinski definition) is 1. The standard InChI is InChI=1S/C17H24N2/c1-2-6-16(7-3-1)17-8-4-5-15(13-17)14-19-11-9-18-10-12-19/h1-3,6-8,15,18H,4-5,9-14H2. The molecule has 1 aliphatic carbocycles. The third-order valence-corrected chi connectivity index (χ3v) is 4.34. The first-order chi connectivity index (χ1) is 9.42. The Hall–Kier alpha value is -1.12. The third kappa shape index (κ3) is 3.46. The summed E-state index contributed by atoms with van der Waals surface area (Å²) in [6, 6.07) is 10.9. The molecule has 1 fully saturated rings. The molecule has 1 atom stereocenters. The van der Waals surface area contributed by atoms with E-state index in [9.17, 15) is 0 Å². The largest absolute Gasteiger partial charge is 0.314 e. The molecule has 1 unspecified atom stereocenters. The molecule has 0 bridgehead atoms. The average Bonchev–Trinajstić information content (AvgIpc) is 2.49. The van der Waals surface area contributed by atoms with Crippen LogP contribution in [0.4, 0.5) is 0 Å². The Morgan fingerprint density at radius 3 is 2.68 bits per heavy atom. The maximum Gasteiger partial charge on any atom is 0.0107 e. The molecule has 1 N–H and O–H groups in total. The number of nitrogens with one attached hydrogen (secondary N) is 1. The van der Waals surface area contributed by atoms with Crippen LogP contribution in [0.3, 0.4) is 0 Å². The summed E-state index contributed by atoms with van der Waals surface area (Å²) >= 11 is 0. The van der Waals surface area contributed by atoms with Gasteiger partial charge in [-0.05, 0) is 36.3 Å². The third-order valence-electron chi connectivity index (χ3n) is 4.34. The van der Waals surface area contributed by atoms with E-state index in [0.29, 0.717) is 0 Å². The lowest BCUT2D eigenvalue weighted by Crippen LogP contribution is -2.45. The van der Waals surface area contributed by atoms with Crippen LogP contribution in [-0.2, 0) is 0 Å². The monoisotopic (exact) mass is 256 g/mol. The lowest BCUT2D eigenvalue weighted by molar-refractivity contribution is 0.201. The highest BCUT2D eigenvalue weighted by molar-refractivity contribution is 5.66. The number of hydrogen-bond acceptors (Lipinski definition) is 2. The van der Waals surface area contributed by atoms with E-state index in [-0.39, 0.29) is 0 Å². The van der Waals surface area contributed by atoms with Crippen molar-refractivity contribution in [2.45, 2.75) is 19.3 Å². The van der Waals surface area contributed by atoms with E-state index in [1.54, 1.807) is 5.57 Å². The van der Waals surface area contributed by atoms with Crippen molar-refractivity contribution < 1.29 is 0 Å². The number of allylic oxidation sites excluding steroid dienone is 2. The van der Waals surface area contributed by atoms with Gasteiger partial charge in [0.2, 0.25) is 0 Å². The Balaban J connectivity index is 1.59. The summed E-state index contributed by atoms with van der Waals surface area (Å²) in [6.45, 7) is 6.05. The van der Waals surface area contributed by atoms with Gasteiger partial charge in [0.25, 0.3) is 0 Å². The van der Waals surface area contributed by atoms with Crippen LogP contribution < -0.4 is 5.32 Å². The van der Waals surface area contributed by atoms with E-state index in [0.717, 1.165) is 19.0 Å². The topological polar surface area (TPSA) is 15.3 Å². The molecule has 3 rings (SSSR count). The molecule has 1 aromatic rings. The molecule has 1 aliphatic heterocycles. The van der Waals surface area contributed by atoms with Gasteiger partial charge in [-0.3, -0.25) is 0 Å². The second kappa shape index (κ2) is 6.36. The predicted octanol–water partition coefficient (Wildman–Crippen LogP) is 2.78. The molecule has 1 aromatic carbocycles. The van der Waals surface area contributed by atoms with Gasteiger partial charge in [-0.2, -0.15) is 0 Å². The van der Waals surface area contributed by atoms with Crippen LogP contribution in [0.15, 0.2) is 36.4 Å². The van der Waals surface area contributed by atoms with Crippen LogP contribution >= 0.6 is 0 Å². The summed E-state index contributed by atoms with van der Waals surface area (Å²) in [5.74, 6) is 0.846. The van der Waals surface area contributed by atoms with Crippen LogP contribution in [0.2, 0.25) is 0 Å². The van der Waals surface area contributed by atoms with Crippen LogP contribution in [-0.4, -0.2) is 37.6 Å². The summed E-state index contributed by atoms with van der Waals surface area (Å²) in [7, 11) is 0. The van der Waals surface area contributed by atoms with Gasteiger partial charge >= 0.3 is 0 Å². The highest BCUT2D eigenvalue weighted by Crippen LogP contribution is 2.31. The lowest BCUT2D eigenvalue weighted by Gasteiger charge is -2.32. The Kier molecular flexibility index (Phi) is 4.31. The summed E-state index contributed by atoms with van der Waals surface area (Å²) in [5.41, 5.74) is 2.99. The van der Waals surface area contributed by atoms with Gasteiger partial charge < -0.3 is 10.2 Å². The van der Waals surface area contributed by atoms with Crippen molar-refractivity contribution in [2.75, 3.05) is 32.7 Å². The molecule has 1 saturated heterocycles. The quantitative estimate of drug-likeness (QED) is 0.894. The highest BCUT2D eigenvalue weighted by Gasteiger charge is 2.20. The Morgan fingerprint density at radius 1 is 1.11 bits per heavy atom. The minimum absolute atomic E-state index is 0.846. The average molecular weight is 256 g/mol. The van der Waals surface area contributed by atoms with Crippen LogP contribution in [0.25, 0.3) is 5.57 Å². The molecule has 2 heteroatoms.